The van der Waals surface area contributed by atoms with Gasteiger partial charge in [0, 0.05) is 16.3 Å². The summed E-state index contributed by atoms with van der Waals surface area (Å²) < 4.78 is 19.4. The van der Waals surface area contributed by atoms with Crippen LogP contribution in [-0.4, -0.2) is 34.5 Å². The van der Waals surface area contributed by atoms with Crippen LogP contribution in [0.4, 0.5) is 10.2 Å². The number of nitrogens with zero attached hydrogens (tertiary/aromatic N) is 2. The van der Waals surface area contributed by atoms with Crippen molar-refractivity contribution in [2.75, 3.05) is 12.8 Å². The number of hydrogen-bond acceptors (Lipinski definition) is 6. The van der Waals surface area contributed by atoms with E-state index in [4.69, 9.17) is 10.5 Å². The number of fused-ring (bicyclic) bond motifs is 1. The number of nitrogens with two attached hydrogens (primary N) is 1. The molecule has 3 aromatic rings. The molecule has 6 nitrogen and oxygen atoms in total. The Morgan fingerprint density at radius 3 is 2.54 bits per heavy atom. The van der Waals surface area contributed by atoms with Crippen LogP contribution in [0.3, 0.4) is 0 Å². The second-order valence-electron chi connectivity index (χ2n) is 5.39. The summed E-state index contributed by atoms with van der Waals surface area (Å²) in [6, 6.07) is 7.80. The summed E-state index contributed by atoms with van der Waals surface area (Å²) in [7, 11) is -0.430. The molecule has 2 aromatic carbocycles. The fourth-order valence-corrected chi connectivity index (χ4v) is 2.66. The number of hydrogen-bond donors (Lipinski definition) is 3. The zero-order valence-electron chi connectivity index (χ0n) is 13.1. The summed E-state index contributed by atoms with van der Waals surface area (Å²) in [6.45, 7) is 1.80. The third-order valence-electron chi connectivity index (χ3n) is 3.87. The molecule has 0 saturated carbocycles. The lowest BCUT2D eigenvalue weighted by atomic mass is 9.78. The topological polar surface area (TPSA) is 101 Å². The molecular formula is C16H15BFN3O3. The predicted molar refractivity (Wildman–Crippen MR) is 90.5 cm³/mol. The first kappa shape index (κ1) is 16.2. The first-order valence-electron chi connectivity index (χ1n) is 7.19. The van der Waals surface area contributed by atoms with Crippen LogP contribution in [0.1, 0.15) is 5.69 Å². The minimum atomic E-state index is -1.78. The SMILES string of the molecule is COc1c(F)cc(B(O)O)cc1-c1ccc2c(N)nnc(C)c2c1. The number of rotatable bonds is 3. The quantitative estimate of drug-likeness (QED) is 0.621. The maximum absolute atomic E-state index is 14.2. The van der Waals surface area contributed by atoms with E-state index in [0.717, 1.165) is 16.8 Å². The van der Waals surface area contributed by atoms with Crippen molar-refractivity contribution in [2.24, 2.45) is 0 Å². The second kappa shape index (κ2) is 6.07. The van der Waals surface area contributed by atoms with Gasteiger partial charge < -0.3 is 20.5 Å². The van der Waals surface area contributed by atoms with Gasteiger partial charge >= 0.3 is 7.12 Å². The van der Waals surface area contributed by atoms with Gasteiger partial charge in [0.25, 0.3) is 0 Å². The Morgan fingerprint density at radius 2 is 1.88 bits per heavy atom. The molecule has 24 heavy (non-hydrogen) atoms. The Balaban J connectivity index is 2.29. The van der Waals surface area contributed by atoms with Crippen LogP contribution >= 0.6 is 0 Å². The molecular weight excluding hydrogens is 312 g/mol. The van der Waals surface area contributed by atoms with Gasteiger partial charge in [-0.05, 0) is 36.1 Å². The highest BCUT2D eigenvalue weighted by Gasteiger charge is 2.20. The summed E-state index contributed by atoms with van der Waals surface area (Å²) in [4.78, 5) is 0. The molecule has 0 aliphatic heterocycles. The number of halogens is 1. The van der Waals surface area contributed by atoms with E-state index in [1.807, 2.05) is 0 Å². The van der Waals surface area contributed by atoms with E-state index in [1.165, 1.54) is 13.2 Å². The maximum atomic E-state index is 14.2. The van der Waals surface area contributed by atoms with Crippen molar-refractivity contribution in [1.29, 1.82) is 0 Å². The molecule has 0 aliphatic rings. The van der Waals surface area contributed by atoms with Gasteiger partial charge in [-0.25, -0.2) is 4.39 Å². The zero-order chi connectivity index (χ0) is 17.4. The van der Waals surface area contributed by atoms with Gasteiger partial charge in [-0.15, -0.1) is 5.10 Å². The van der Waals surface area contributed by atoms with Crippen LogP contribution in [-0.2, 0) is 0 Å². The van der Waals surface area contributed by atoms with E-state index in [0.29, 0.717) is 22.6 Å². The summed E-state index contributed by atoms with van der Waals surface area (Å²) >= 11 is 0. The van der Waals surface area contributed by atoms with Crippen molar-refractivity contribution in [3.8, 4) is 16.9 Å². The van der Waals surface area contributed by atoms with E-state index in [1.54, 1.807) is 25.1 Å². The third-order valence-corrected chi connectivity index (χ3v) is 3.87. The van der Waals surface area contributed by atoms with Crippen molar-refractivity contribution in [3.63, 3.8) is 0 Å². The number of benzene rings is 2. The van der Waals surface area contributed by atoms with Crippen LogP contribution < -0.4 is 15.9 Å². The van der Waals surface area contributed by atoms with E-state index in [2.05, 4.69) is 10.2 Å². The molecule has 122 valence electrons. The molecule has 0 amide bonds. The molecule has 3 rings (SSSR count). The molecule has 1 aromatic heterocycles. The van der Waals surface area contributed by atoms with Crippen molar-refractivity contribution in [1.82, 2.24) is 10.2 Å². The summed E-state index contributed by atoms with van der Waals surface area (Å²) in [5, 5.41) is 28.1. The number of anilines is 1. The molecule has 0 bridgehead atoms. The van der Waals surface area contributed by atoms with Gasteiger partial charge in [0.15, 0.2) is 17.4 Å². The molecule has 1 heterocycles. The van der Waals surface area contributed by atoms with E-state index in [9.17, 15) is 14.4 Å². The molecule has 0 atom stereocenters. The average molecular weight is 327 g/mol. The highest BCUT2D eigenvalue weighted by molar-refractivity contribution is 6.58. The Bertz CT molecular complexity index is 934. The lowest BCUT2D eigenvalue weighted by Crippen LogP contribution is -2.30. The molecule has 0 spiro atoms. The highest BCUT2D eigenvalue weighted by Crippen LogP contribution is 2.34. The molecule has 0 fully saturated rings. The van der Waals surface area contributed by atoms with Gasteiger partial charge in [0.2, 0.25) is 0 Å². The lowest BCUT2D eigenvalue weighted by Gasteiger charge is -2.13. The predicted octanol–water partition coefficient (Wildman–Crippen LogP) is 1.01. The van der Waals surface area contributed by atoms with Crippen molar-refractivity contribution in [2.45, 2.75) is 6.92 Å². The first-order chi connectivity index (χ1) is 11.4. The summed E-state index contributed by atoms with van der Waals surface area (Å²) in [6.07, 6.45) is 0. The number of ether oxygens (including phenoxy) is 1. The summed E-state index contributed by atoms with van der Waals surface area (Å²) in [5.41, 5.74) is 7.58. The Morgan fingerprint density at radius 1 is 1.12 bits per heavy atom. The van der Waals surface area contributed by atoms with Gasteiger partial charge in [0.1, 0.15) is 0 Å². The highest BCUT2D eigenvalue weighted by atomic mass is 19.1. The van der Waals surface area contributed by atoms with E-state index < -0.39 is 12.9 Å². The molecule has 8 heteroatoms. The fourth-order valence-electron chi connectivity index (χ4n) is 2.66. The van der Waals surface area contributed by atoms with Gasteiger partial charge in [0.05, 0.1) is 12.8 Å². The van der Waals surface area contributed by atoms with Crippen molar-refractivity contribution in [3.05, 3.63) is 41.8 Å². The average Bonchev–Trinajstić information content (AvgIpc) is 2.57. The standard InChI is InChI=1S/C16H15BFN3O3/c1-8-12-5-9(3-4-11(12)16(19)21-20-8)13-6-10(17(22)23)7-14(18)15(13)24-2/h3-7,22-23H,1-2H3,(H2,19,21). The molecule has 0 saturated heterocycles. The van der Waals surface area contributed by atoms with Crippen molar-refractivity contribution < 1.29 is 19.2 Å². The fraction of sp³-hybridized carbons (Fsp3) is 0.125. The maximum Gasteiger partial charge on any atom is 0.488 e. The van der Waals surface area contributed by atoms with Gasteiger partial charge in [-0.1, -0.05) is 12.1 Å². The summed E-state index contributed by atoms with van der Waals surface area (Å²) in [5.74, 6) is -0.353. The number of aryl methyl sites for hydroxylation is 1. The Hall–Kier alpha value is -2.71. The minimum absolute atomic E-state index is 0.0198. The normalized spacial score (nSPS) is 10.9. The smallest absolute Gasteiger partial charge is 0.488 e. The number of methoxy groups -OCH3 is 1. The number of aromatic nitrogens is 2. The van der Waals surface area contributed by atoms with Crippen LogP contribution in [0.5, 0.6) is 5.75 Å². The van der Waals surface area contributed by atoms with Crippen LogP contribution in [0, 0.1) is 12.7 Å². The lowest BCUT2D eigenvalue weighted by molar-refractivity contribution is 0.388. The van der Waals surface area contributed by atoms with Crippen LogP contribution in [0.2, 0.25) is 0 Å². The Kier molecular flexibility index (Phi) is 4.08. The zero-order valence-corrected chi connectivity index (χ0v) is 13.1. The van der Waals surface area contributed by atoms with Gasteiger partial charge in [-0.2, -0.15) is 5.10 Å². The van der Waals surface area contributed by atoms with Crippen LogP contribution in [0.15, 0.2) is 30.3 Å². The minimum Gasteiger partial charge on any atom is -0.493 e. The van der Waals surface area contributed by atoms with Gasteiger partial charge in [-0.3, -0.25) is 0 Å². The largest absolute Gasteiger partial charge is 0.493 e. The first-order valence-corrected chi connectivity index (χ1v) is 7.19. The monoisotopic (exact) mass is 327 g/mol. The van der Waals surface area contributed by atoms with E-state index in [-0.39, 0.29) is 11.2 Å². The molecule has 0 aliphatic carbocycles. The number of nitrogen functional groups attached to an aromatic ring is 1. The molecule has 0 radical (unpaired) electrons. The van der Waals surface area contributed by atoms with Crippen molar-refractivity contribution >= 4 is 29.2 Å². The van der Waals surface area contributed by atoms with E-state index >= 15 is 0 Å². The molecule has 4 N–H and O–H groups in total. The Labute approximate surface area is 137 Å². The third kappa shape index (κ3) is 2.66. The van der Waals surface area contributed by atoms with Crippen LogP contribution in [0.25, 0.3) is 21.9 Å². The second-order valence-corrected chi connectivity index (χ2v) is 5.39. The molecule has 0 unspecified atom stereocenters.